The second-order valence-electron chi connectivity index (χ2n) is 2.81. The van der Waals surface area contributed by atoms with Crippen LogP contribution >= 0.6 is 0 Å². The number of nitrogens with zero attached hydrogens (tertiary/aromatic N) is 1. The lowest BCUT2D eigenvalue weighted by Gasteiger charge is -2.04. The molecule has 0 aliphatic rings. The first-order chi connectivity index (χ1) is 6.20. The lowest BCUT2D eigenvalue weighted by Crippen LogP contribution is -1.98. The molecule has 0 N–H and O–H groups in total. The Bertz CT molecular complexity index is 321. The van der Waals surface area contributed by atoms with E-state index in [0.717, 1.165) is 17.5 Å². The van der Waals surface area contributed by atoms with E-state index in [0.29, 0.717) is 6.42 Å². The molecule has 0 fully saturated rings. The number of rotatable bonds is 3. The molecule has 0 aliphatic carbocycles. The third-order valence-electron chi connectivity index (χ3n) is 2.11. The first-order valence-corrected chi connectivity index (χ1v) is 4.36. The quantitative estimate of drug-likeness (QED) is 0.527. The zero-order chi connectivity index (χ0) is 9.84. The van der Waals surface area contributed by atoms with Crippen molar-refractivity contribution in [1.82, 2.24) is 0 Å². The molecule has 1 aromatic rings. The molecule has 3 heteroatoms. The van der Waals surface area contributed by atoms with Gasteiger partial charge in [0.2, 0.25) is 0 Å². The molecule has 1 radical (unpaired) electrons. The van der Waals surface area contributed by atoms with E-state index in [2.05, 4.69) is 6.07 Å². The molecule has 0 amide bonds. The van der Waals surface area contributed by atoms with E-state index in [-0.39, 0.29) is 10.6 Å². The van der Waals surface area contributed by atoms with Gasteiger partial charge in [-0.2, -0.15) is 0 Å². The van der Waals surface area contributed by atoms with Crippen molar-refractivity contribution < 1.29 is 4.92 Å². The van der Waals surface area contributed by atoms with Gasteiger partial charge in [-0.05, 0) is 24.5 Å². The van der Waals surface area contributed by atoms with Crippen molar-refractivity contribution in [2.45, 2.75) is 26.7 Å². The van der Waals surface area contributed by atoms with Crippen LogP contribution in [-0.4, -0.2) is 4.92 Å². The number of nitro groups is 1. The third-order valence-corrected chi connectivity index (χ3v) is 2.11. The summed E-state index contributed by atoms with van der Waals surface area (Å²) in [7, 11) is 0. The Morgan fingerprint density at radius 2 is 2.08 bits per heavy atom. The van der Waals surface area contributed by atoms with E-state index in [1.54, 1.807) is 0 Å². The van der Waals surface area contributed by atoms with Gasteiger partial charge in [0.1, 0.15) is 0 Å². The van der Waals surface area contributed by atoms with Crippen molar-refractivity contribution in [3.63, 3.8) is 0 Å². The van der Waals surface area contributed by atoms with Crippen LogP contribution in [0.15, 0.2) is 12.1 Å². The van der Waals surface area contributed by atoms with E-state index >= 15 is 0 Å². The number of benzene rings is 1. The van der Waals surface area contributed by atoms with Crippen LogP contribution in [0.25, 0.3) is 0 Å². The highest BCUT2D eigenvalue weighted by molar-refractivity contribution is 5.45. The molecule has 1 aromatic carbocycles. The van der Waals surface area contributed by atoms with Crippen molar-refractivity contribution in [2.24, 2.45) is 0 Å². The minimum atomic E-state index is -0.339. The van der Waals surface area contributed by atoms with Crippen LogP contribution in [0, 0.1) is 16.2 Å². The lowest BCUT2D eigenvalue weighted by atomic mass is 10.0. The van der Waals surface area contributed by atoms with Gasteiger partial charge in [-0.1, -0.05) is 19.9 Å². The van der Waals surface area contributed by atoms with Crippen LogP contribution < -0.4 is 0 Å². The van der Waals surface area contributed by atoms with Crippen LogP contribution in [0.1, 0.15) is 25.0 Å². The van der Waals surface area contributed by atoms with Gasteiger partial charge in [-0.25, -0.2) is 0 Å². The fourth-order valence-corrected chi connectivity index (χ4v) is 1.45. The molecule has 0 atom stereocenters. The SMILES string of the molecule is CCc1c[c]cc([N+](=O)[O-])c1CC. The highest BCUT2D eigenvalue weighted by Gasteiger charge is 2.14. The molecule has 0 aliphatic heterocycles. The summed E-state index contributed by atoms with van der Waals surface area (Å²) in [6.45, 7) is 3.92. The molecular formula is C10H12NO2. The van der Waals surface area contributed by atoms with Gasteiger partial charge >= 0.3 is 0 Å². The zero-order valence-electron chi connectivity index (χ0n) is 7.83. The number of nitro benzene ring substituents is 1. The van der Waals surface area contributed by atoms with Crippen molar-refractivity contribution in [2.75, 3.05) is 0 Å². The topological polar surface area (TPSA) is 43.1 Å². The Hall–Kier alpha value is -1.38. The maximum Gasteiger partial charge on any atom is 0.273 e. The first kappa shape index (κ1) is 9.71. The second kappa shape index (κ2) is 4.03. The normalized spacial score (nSPS) is 10.0. The molecule has 69 valence electrons. The molecule has 0 unspecified atom stereocenters. The summed E-state index contributed by atoms with van der Waals surface area (Å²) in [5, 5.41) is 10.6. The maximum atomic E-state index is 10.6. The Labute approximate surface area is 77.5 Å². The van der Waals surface area contributed by atoms with E-state index in [4.69, 9.17) is 0 Å². The second-order valence-corrected chi connectivity index (χ2v) is 2.81. The summed E-state index contributed by atoms with van der Waals surface area (Å²) in [5.41, 5.74) is 2.06. The zero-order valence-corrected chi connectivity index (χ0v) is 7.83. The molecule has 3 nitrogen and oxygen atoms in total. The van der Waals surface area contributed by atoms with Crippen LogP contribution in [0.3, 0.4) is 0 Å². The minimum absolute atomic E-state index is 0.196. The molecule has 0 spiro atoms. The van der Waals surface area contributed by atoms with Crippen molar-refractivity contribution >= 4 is 5.69 Å². The Morgan fingerprint density at radius 1 is 1.38 bits per heavy atom. The predicted octanol–water partition coefficient (Wildman–Crippen LogP) is 2.52. The highest BCUT2D eigenvalue weighted by Crippen LogP contribution is 2.22. The summed E-state index contributed by atoms with van der Waals surface area (Å²) < 4.78 is 0. The van der Waals surface area contributed by atoms with E-state index in [1.165, 1.54) is 6.07 Å². The average Bonchev–Trinajstić information content (AvgIpc) is 2.16. The summed E-state index contributed by atoms with van der Waals surface area (Å²) in [6, 6.07) is 6.06. The summed E-state index contributed by atoms with van der Waals surface area (Å²) in [4.78, 5) is 10.3. The molecular weight excluding hydrogens is 166 g/mol. The summed E-state index contributed by atoms with van der Waals surface area (Å²) >= 11 is 0. The van der Waals surface area contributed by atoms with Crippen molar-refractivity contribution in [1.29, 1.82) is 0 Å². The third kappa shape index (κ3) is 1.86. The first-order valence-electron chi connectivity index (χ1n) is 4.36. The number of aryl methyl sites for hydroxylation is 1. The highest BCUT2D eigenvalue weighted by atomic mass is 16.6. The van der Waals surface area contributed by atoms with Crippen LogP contribution in [0.2, 0.25) is 0 Å². The molecule has 1 rings (SSSR count). The van der Waals surface area contributed by atoms with Crippen LogP contribution in [-0.2, 0) is 12.8 Å². The molecule has 0 aromatic heterocycles. The van der Waals surface area contributed by atoms with Gasteiger partial charge < -0.3 is 0 Å². The van der Waals surface area contributed by atoms with Crippen molar-refractivity contribution in [3.8, 4) is 0 Å². The smallest absolute Gasteiger partial charge is 0.258 e. The Balaban J connectivity index is 3.27. The fourth-order valence-electron chi connectivity index (χ4n) is 1.45. The number of hydrogen-bond acceptors (Lipinski definition) is 2. The van der Waals surface area contributed by atoms with Gasteiger partial charge in [0.05, 0.1) is 4.92 Å². The van der Waals surface area contributed by atoms with Gasteiger partial charge in [0.25, 0.3) is 5.69 Å². The molecule has 0 bridgehead atoms. The summed E-state index contributed by atoms with van der Waals surface area (Å²) in [6.07, 6.45) is 1.52. The van der Waals surface area contributed by atoms with Crippen LogP contribution in [0.4, 0.5) is 5.69 Å². The van der Waals surface area contributed by atoms with E-state index in [1.807, 2.05) is 19.9 Å². The van der Waals surface area contributed by atoms with Gasteiger partial charge in [0.15, 0.2) is 0 Å². The largest absolute Gasteiger partial charge is 0.273 e. The van der Waals surface area contributed by atoms with Gasteiger partial charge in [-0.15, -0.1) is 0 Å². The van der Waals surface area contributed by atoms with Crippen molar-refractivity contribution in [3.05, 3.63) is 39.4 Å². The monoisotopic (exact) mass is 178 g/mol. The lowest BCUT2D eigenvalue weighted by molar-refractivity contribution is -0.385. The standard InChI is InChI=1S/C10H12NO2/c1-3-8-6-5-7-10(11(12)13)9(8)4-2/h6-7H,3-4H2,1-2H3. The van der Waals surface area contributed by atoms with E-state index in [9.17, 15) is 10.1 Å². The minimum Gasteiger partial charge on any atom is -0.258 e. The van der Waals surface area contributed by atoms with E-state index < -0.39 is 0 Å². The Morgan fingerprint density at radius 3 is 2.54 bits per heavy atom. The fraction of sp³-hybridized carbons (Fsp3) is 0.400. The molecule has 0 heterocycles. The Kier molecular flexibility index (Phi) is 3.01. The van der Waals surface area contributed by atoms with Gasteiger partial charge in [0, 0.05) is 11.6 Å². The maximum absolute atomic E-state index is 10.6. The average molecular weight is 178 g/mol. The number of hydrogen-bond donors (Lipinski definition) is 0. The molecule has 13 heavy (non-hydrogen) atoms. The summed E-state index contributed by atoms with van der Waals surface area (Å²) in [5.74, 6) is 0. The predicted molar refractivity (Wildman–Crippen MR) is 50.7 cm³/mol. The van der Waals surface area contributed by atoms with Gasteiger partial charge in [-0.3, -0.25) is 10.1 Å². The molecule has 0 saturated heterocycles. The van der Waals surface area contributed by atoms with Crippen LogP contribution in [0.5, 0.6) is 0 Å². The molecule has 0 saturated carbocycles.